The fourth-order valence-electron chi connectivity index (χ4n) is 1.91. The first kappa shape index (κ1) is 15.4. The summed E-state index contributed by atoms with van der Waals surface area (Å²) in [4.78, 5) is 4.13. The van der Waals surface area contributed by atoms with Crippen molar-refractivity contribution in [1.82, 2.24) is 9.55 Å². The van der Waals surface area contributed by atoms with Gasteiger partial charge in [0.15, 0.2) is 0 Å². The van der Waals surface area contributed by atoms with Gasteiger partial charge in [0.1, 0.15) is 0 Å². The van der Waals surface area contributed by atoms with E-state index in [1.54, 1.807) is 30.1 Å². The Morgan fingerprint density at radius 2 is 2.14 bits per heavy atom. The van der Waals surface area contributed by atoms with Crippen LogP contribution >= 0.6 is 0 Å². The summed E-state index contributed by atoms with van der Waals surface area (Å²) in [6.45, 7) is 1.42. The average Bonchev–Trinajstić information content (AvgIpc) is 2.86. The number of nitrogens with one attached hydrogen (secondary N) is 1. The summed E-state index contributed by atoms with van der Waals surface area (Å²) < 4.78 is 44.7. The van der Waals surface area contributed by atoms with E-state index in [2.05, 4.69) is 10.3 Å². The number of alkyl halides is 3. The average molecular weight is 299 g/mol. The van der Waals surface area contributed by atoms with Gasteiger partial charge in [0.2, 0.25) is 5.95 Å². The van der Waals surface area contributed by atoms with Gasteiger partial charge in [0.25, 0.3) is 0 Å². The highest BCUT2D eigenvalue weighted by Crippen LogP contribution is 2.29. The molecule has 0 aliphatic heterocycles. The van der Waals surface area contributed by atoms with Crippen LogP contribution in [-0.4, -0.2) is 29.8 Å². The molecule has 0 radical (unpaired) electrons. The maximum absolute atomic E-state index is 12.7. The van der Waals surface area contributed by atoms with Gasteiger partial charge >= 0.3 is 6.18 Å². The molecule has 1 aromatic heterocycles. The molecule has 0 unspecified atom stereocenters. The van der Waals surface area contributed by atoms with Gasteiger partial charge in [-0.25, -0.2) is 4.98 Å². The number of nitrogens with zero attached hydrogens (tertiary/aromatic N) is 2. The van der Waals surface area contributed by atoms with Crippen molar-refractivity contribution in [2.75, 3.05) is 25.6 Å². The summed E-state index contributed by atoms with van der Waals surface area (Å²) >= 11 is 0. The minimum absolute atomic E-state index is 0.319. The minimum atomic E-state index is -4.33. The number of aromatic nitrogens is 2. The molecule has 2 aromatic rings. The first-order valence-corrected chi connectivity index (χ1v) is 6.41. The highest BCUT2D eigenvalue weighted by Gasteiger charge is 2.30. The molecule has 1 aromatic carbocycles. The number of halogens is 3. The van der Waals surface area contributed by atoms with Crippen molar-refractivity contribution in [3.63, 3.8) is 0 Å². The van der Waals surface area contributed by atoms with Crippen molar-refractivity contribution in [3.8, 4) is 0 Å². The molecule has 0 fully saturated rings. The summed E-state index contributed by atoms with van der Waals surface area (Å²) in [5, 5.41) is 3.06. The van der Waals surface area contributed by atoms with E-state index in [0.717, 1.165) is 12.1 Å². The third-order valence-electron chi connectivity index (χ3n) is 2.91. The number of anilines is 1. The smallest absolute Gasteiger partial charge is 0.383 e. The Kier molecular flexibility index (Phi) is 4.85. The number of rotatable bonds is 6. The molecule has 0 aliphatic carbocycles. The van der Waals surface area contributed by atoms with Gasteiger partial charge in [-0.1, -0.05) is 12.1 Å². The predicted octanol–water partition coefficient (Wildman–Crippen LogP) is 3.01. The molecule has 4 nitrogen and oxygen atoms in total. The van der Waals surface area contributed by atoms with E-state index in [0.29, 0.717) is 31.2 Å². The molecular weight excluding hydrogens is 283 g/mol. The van der Waals surface area contributed by atoms with E-state index < -0.39 is 11.7 Å². The topological polar surface area (TPSA) is 39.1 Å². The Balaban J connectivity index is 2.10. The highest BCUT2D eigenvalue weighted by molar-refractivity contribution is 5.30. The number of ether oxygens (including phenoxy) is 1. The summed E-state index contributed by atoms with van der Waals surface area (Å²) in [7, 11) is 1.59. The lowest BCUT2D eigenvalue weighted by atomic mass is 10.1. The Bertz CT molecular complexity index is 581. The number of imidazole rings is 1. The standard InChI is InChI=1S/C14H16F3N3O/c1-21-8-6-19-13-18-5-7-20(13)10-11-3-2-4-12(9-11)14(15,16)17/h2-5,7,9H,6,8,10H2,1H3,(H,18,19). The largest absolute Gasteiger partial charge is 0.416 e. The first-order valence-electron chi connectivity index (χ1n) is 6.41. The van der Waals surface area contributed by atoms with Gasteiger partial charge in [-0.05, 0) is 17.7 Å². The highest BCUT2D eigenvalue weighted by atomic mass is 19.4. The number of benzene rings is 1. The summed E-state index contributed by atoms with van der Waals surface area (Å²) in [6.07, 6.45) is -1.01. The third kappa shape index (κ3) is 4.22. The van der Waals surface area contributed by atoms with Crippen LogP contribution in [0.5, 0.6) is 0 Å². The number of hydrogen-bond acceptors (Lipinski definition) is 3. The van der Waals surface area contributed by atoms with Crippen LogP contribution in [0.4, 0.5) is 19.1 Å². The van der Waals surface area contributed by atoms with Crippen molar-refractivity contribution >= 4 is 5.95 Å². The van der Waals surface area contributed by atoms with Crippen LogP contribution in [0.15, 0.2) is 36.7 Å². The van der Waals surface area contributed by atoms with Crippen molar-refractivity contribution in [1.29, 1.82) is 0 Å². The molecule has 0 atom stereocenters. The monoisotopic (exact) mass is 299 g/mol. The summed E-state index contributed by atoms with van der Waals surface area (Å²) in [5.41, 5.74) is -0.0772. The molecule has 0 amide bonds. The van der Waals surface area contributed by atoms with Gasteiger partial charge in [-0.3, -0.25) is 0 Å². The van der Waals surface area contributed by atoms with E-state index >= 15 is 0 Å². The van der Waals surface area contributed by atoms with Crippen molar-refractivity contribution in [3.05, 3.63) is 47.8 Å². The molecule has 1 heterocycles. The molecule has 114 valence electrons. The van der Waals surface area contributed by atoms with Gasteiger partial charge in [0.05, 0.1) is 18.7 Å². The van der Waals surface area contributed by atoms with Crippen LogP contribution in [-0.2, 0) is 17.5 Å². The van der Waals surface area contributed by atoms with Gasteiger partial charge < -0.3 is 14.6 Å². The second-order valence-electron chi connectivity index (χ2n) is 4.50. The normalized spacial score (nSPS) is 11.6. The summed E-state index contributed by atoms with van der Waals surface area (Å²) in [5.74, 6) is 0.601. The Hall–Kier alpha value is -2.02. The Morgan fingerprint density at radius 3 is 2.86 bits per heavy atom. The number of methoxy groups -OCH3 is 1. The van der Waals surface area contributed by atoms with E-state index in [-0.39, 0.29) is 0 Å². The quantitative estimate of drug-likeness (QED) is 0.833. The zero-order chi connectivity index (χ0) is 15.3. The maximum atomic E-state index is 12.7. The summed E-state index contributed by atoms with van der Waals surface area (Å²) in [6, 6.07) is 5.29. The van der Waals surface area contributed by atoms with Crippen LogP contribution in [0.1, 0.15) is 11.1 Å². The molecule has 0 aliphatic rings. The van der Waals surface area contributed by atoms with Crippen LogP contribution in [0.25, 0.3) is 0 Å². The lowest BCUT2D eigenvalue weighted by molar-refractivity contribution is -0.137. The van der Waals surface area contributed by atoms with Crippen molar-refractivity contribution < 1.29 is 17.9 Å². The van der Waals surface area contributed by atoms with E-state index in [1.165, 1.54) is 6.07 Å². The molecule has 0 spiro atoms. The second-order valence-corrected chi connectivity index (χ2v) is 4.50. The third-order valence-corrected chi connectivity index (χ3v) is 2.91. The number of hydrogen-bond donors (Lipinski definition) is 1. The zero-order valence-corrected chi connectivity index (χ0v) is 11.5. The predicted molar refractivity (Wildman–Crippen MR) is 73.1 cm³/mol. The molecule has 7 heteroatoms. The lowest BCUT2D eigenvalue weighted by Crippen LogP contribution is -2.13. The van der Waals surface area contributed by atoms with Gasteiger partial charge in [-0.2, -0.15) is 13.2 Å². The second kappa shape index (κ2) is 6.62. The van der Waals surface area contributed by atoms with Crippen LogP contribution < -0.4 is 5.32 Å². The molecule has 0 saturated carbocycles. The zero-order valence-electron chi connectivity index (χ0n) is 11.5. The van der Waals surface area contributed by atoms with Crippen LogP contribution in [0.2, 0.25) is 0 Å². The molecular formula is C14H16F3N3O. The SMILES string of the molecule is COCCNc1nccn1Cc1cccc(C(F)(F)F)c1. The molecule has 0 saturated heterocycles. The van der Waals surface area contributed by atoms with Crippen molar-refractivity contribution in [2.45, 2.75) is 12.7 Å². The lowest BCUT2D eigenvalue weighted by Gasteiger charge is -2.11. The van der Waals surface area contributed by atoms with E-state index in [1.807, 2.05) is 0 Å². The van der Waals surface area contributed by atoms with Gasteiger partial charge in [-0.15, -0.1) is 0 Å². The minimum Gasteiger partial charge on any atom is -0.383 e. The van der Waals surface area contributed by atoms with E-state index in [4.69, 9.17) is 4.74 Å². The molecule has 21 heavy (non-hydrogen) atoms. The Morgan fingerprint density at radius 1 is 1.33 bits per heavy atom. The van der Waals surface area contributed by atoms with Gasteiger partial charge in [0, 0.05) is 26.0 Å². The maximum Gasteiger partial charge on any atom is 0.416 e. The van der Waals surface area contributed by atoms with Crippen LogP contribution in [0.3, 0.4) is 0 Å². The van der Waals surface area contributed by atoms with Crippen molar-refractivity contribution in [2.24, 2.45) is 0 Å². The van der Waals surface area contributed by atoms with Crippen LogP contribution in [0, 0.1) is 0 Å². The fraction of sp³-hybridized carbons (Fsp3) is 0.357. The Labute approximate surface area is 120 Å². The fourth-order valence-corrected chi connectivity index (χ4v) is 1.91. The molecule has 2 rings (SSSR count). The molecule has 1 N–H and O–H groups in total. The van der Waals surface area contributed by atoms with E-state index in [9.17, 15) is 13.2 Å². The molecule has 0 bridgehead atoms. The first-order chi connectivity index (χ1) is 10.0.